The molecular formula is C31H27ClN2O3. The fourth-order valence-corrected chi connectivity index (χ4v) is 4.17. The lowest BCUT2D eigenvalue weighted by molar-refractivity contribution is 0.102. The van der Waals surface area contributed by atoms with Gasteiger partial charge >= 0.3 is 0 Å². The van der Waals surface area contributed by atoms with Gasteiger partial charge in [0, 0.05) is 11.1 Å². The van der Waals surface area contributed by atoms with E-state index in [0.29, 0.717) is 40.4 Å². The third kappa shape index (κ3) is 5.68. The maximum absolute atomic E-state index is 12.9. The fourth-order valence-electron chi connectivity index (χ4n) is 4.00. The van der Waals surface area contributed by atoms with Crippen LogP contribution in [-0.4, -0.2) is 10.9 Å². The van der Waals surface area contributed by atoms with Crippen LogP contribution >= 0.6 is 11.6 Å². The maximum Gasteiger partial charge on any atom is 0.255 e. The van der Waals surface area contributed by atoms with E-state index in [-0.39, 0.29) is 5.91 Å². The van der Waals surface area contributed by atoms with Crippen LogP contribution in [0.25, 0.3) is 22.6 Å². The zero-order valence-corrected chi connectivity index (χ0v) is 21.5. The van der Waals surface area contributed by atoms with Crippen LogP contribution in [0.1, 0.15) is 47.7 Å². The lowest BCUT2D eigenvalue weighted by Crippen LogP contribution is -2.12. The van der Waals surface area contributed by atoms with Crippen LogP contribution in [0.15, 0.2) is 95.4 Å². The molecule has 5 rings (SSSR count). The number of benzene rings is 4. The second-order valence-corrected chi connectivity index (χ2v) is 9.41. The first kappa shape index (κ1) is 24.6. The Labute approximate surface area is 221 Å². The number of carbonyl (C=O) groups excluding carboxylic acids is 1. The highest BCUT2D eigenvalue weighted by molar-refractivity contribution is 6.34. The second kappa shape index (κ2) is 10.9. The highest BCUT2D eigenvalue weighted by Gasteiger charge is 2.14. The Balaban J connectivity index is 1.30. The number of aromatic nitrogens is 1. The van der Waals surface area contributed by atoms with Crippen LogP contribution in [0.3, 0.4) is 0 Å². The average Bonchev–Trinajstić information content (AvgIpc) is 3.37. The van der Waals surface area contributed by atoms with Crippen LogP contribution in [0, 0.1) is 0 Å². The summed E-state index contributed by atoms with van der Waals surface area (Å²) in [6, 6.07) is 28.4. The topological polar surface area (TPSA) is 64.4 Å². The van der Waals surface area contributed by atoms with Crippen molar-refractivity contribution in [3.8, 4) is 17.2 Å². The maximum atomic E-state index is 12.9. The third-order valence-electron chi connectivity index (χ3n) is 6.42. The van der Waals surface area contributed by atoms with Gasteiger partial charge in [-0.2, -0.15) is 0 Å². The van der Waals surface area contributed by atoms with Crippen molar-refractivity contribution >= 4 is 34.3 Å². The summed E-state index contributed by atoms with van der Waals surface area (Å²) in [4.78, 5) is 17.6. The molecule has 1 N–H and O–H groups in total. The highest BCUT2D eigenvalue weighted by atomic mass is 35.5. The first-order valence-corrected chi connectivity index (χ1v) is 12.7. The van der Waals surface area contributed by atoms with E-state index in [1.807, 2.05) is 42.5 Å². The van der Waals surface area contributed by atoms with E-state index in [1.54, 1.807) is 36.4 Å². The quantitative estimate of drug-likeness (QED) is 0.227. The summed E-state index contributed by atoms with van der Waals surface area (Å²) in [5.41, 5.74) is 5.54. The van der Waals surface area contributed by atoms with Crippen molar-refractivity contribution < 1.29 is 13.9 Å². The van der Waals surface area contributed by atoms with E-state index in [2.05, 4.69) is 36.3 Å². The third-order valence-corrected chi connectivity index (χ3v) is 6.75. The molecule has 186 valence electrons. The number of hydrogen-bond donors (Lipinski definition) is 1. The van der Waals surface area contributed by atoms with E-state index in [1.165, 1.54) is 5.56 Å². The summed E-state index contributed by atoms with van der Waals surface area (Å²) in [6.45, 7) is 4.83. The number of anilines is 1. The van der Waals surface area contributed by atoms with Crippen molar-refractivity contribution in [2.24, 2.45) is 0 Å². The summed E-state index contributed by atoms with van der Waals surface area (Å²) in [5.74, 6) is 1.34. The number of nitrogens with zero attached hydrogens (tertiary/aromatic N) is 1. The van der Waals surface area contributed by atoms with Gasteiger partial charge in [-0.15, -0.1) is 0 Å². The van der Waals surface area contributed by atoms with Crippen LogP contribution in [0.4, 0.5) is 5.69 Å². The molecule has 0 bridgehead atoms. The van der Waals surface area contributed by atoms with Crippen LogP contribution < -0.4 is 10.1 Å². The number of carbonyl (C=O) groups is 1. The minimum Gasteiger partial charge on any atom is -0.489 e. The van der Waals surface area contributed by atoms with Gasteiger partial charge < -0.3 is 14.5 Å². The van der Waals surface area contributed by atoms with Gasteiger partial charge in [0.25, 0.3) is 5.91 Å². The van der Waals surface area contributed by atoms with E-state index >= 15 is 0 Å². The molecule has 0 aliphatic rings. The molecule has 1 aromatic heterocycles. The smallest absolute Gasteiger partial charge is 0.255 e. The van der Waals surface area contributed by atoms with Gasteiger partial charge in [0.1, 0.15) is 17.9 Å². The first-order valence-electron chi connectivity index (χ1n) is 12.3. The summed E-state index contributed by atoms with van der Waals surface area (Å²) in [6.07, 6.45) is 1.06. The van der Waals surface area contributed by atoms with Crippen molar-refractivity contribution in [1.29, 1.82) is 0 Å². The predicted molar refractivity (Wildman–Crippen MR) is 148 cm³/mol. The van der Waals surface area contributed by atoms with Gasteiger partial charge in [-0.05, 0) is 78.1 Å². The van der Waals surface area contributed by atoms with Crippen LogP contribution in [-0.2, 0) is 6.61 Å². The molecule has 6 heteroatoms. The molecule has 5 nitrogen and oxygen atoms in total. The fraction of sp³-hybridized carbons (Fsp3) is 0.161. The Morgan fingerprint density at radius 3 is 2.54 bits per heavy atom. The molecule has 1 amide bonds. The van der Waals surface area contributed by atoms with Crippen molar-refractivity contribution in [3.05, 3.63) is 113 Å². The molecule has 0 radical (unpaired) electrons. The number of halogens is 1. The second-order valence-electron chi connectivity index (χ2n) is 9.00. The summed E-state index contributed by atoms with van der Waals surface area (Å²) in [5, 5.41) is 3.32. The molecule has 37 heavy (non-hydrogen) atoms. The molecule has 0 unspecified atom stereocenters. The van der Waals surface area contributed by atoms with Gasteiger partial charge in [-0.1, -0.05) is 61.8 Å². The summed E-state index contributed by atoms with van der Waals surface area (Å²) < 4.78 is 11.8. The van der Waals surface area contributed by atoms with Crippen molar-refractivity contribution in [3.63, 3.8) is 0 Å². The van der Waals surface area contributed by atoms with Crippen LogP contribution in [0.2, 0.25) is 5.02 Å². The first-order chi connectivity index (χ1) is 18.0. The van der Waals surface area contributed by atoms with Gasteiger partial charge in [0.2, 0.25) is 5.89 Å². The van der Waals surface area contributed by atoms with Gasteiger partial charge in [0.05, 0.1) is 10.7 Å². The van der Waals surface area contributed by atoms with Crippen molar-refractivity contribution in [2.75, 3.05) is 5.32 Å². The van der Waals surface area contributed by atoms with E-state index in [4.69, 9.17) is 20.8 Å². The van der Waals surface area contributed by atoms with E-state index < -0.39 is 0 Å². The van der Waals surface area contributed by atoms with Crippen molar-refractivity contribution in [1.82, 2.24) is 4.98 Å². The molecule has 1 heterocycles. The molecular weight excluding hydrogens is 484 g/mol. The minimum absolute atomic E-state index is 0.274. The SMILES string of the molecule is CC[C@H](C)c1ccc2oc(-c3ccc(Cl)c(NC(=O)c4ccc(OCc5ccccc5)cc4)c3)nc2c1. The normalized spacial score (nSPS) is 11.9. The minimum atomic E-state index is -0.274. The molecule has 1 atom stereocenters. The lowest BCUT2D eigenvalue weighted by Gasteiger charge is -2.10. The molecule has 0 aliphatic heterocycles. The molecule has 0 saturated carbocycles. The molecule has 0 saturated heterocycles. The van der Waals surface area contributed by atoms with Gasteiger partial charge in [0.15, 0.2) is 5.58 Å². The number of rotatable bonds is 8. The number of ether oxygens (including phenoxy) is 1. The Morgan fingerprint density at radius 2 is 1.78 bits per heavy atom. The summed E-state index contributed by atoms with van der Waals surface area (Å²) >= 11 is 6.40. The number of hydrogen-bond acceptors (Lipinski definition) is 4. The lowest BCUT2D eigenvalue weighted by atomic mass is 9.98. The number of fused-ring (bicyclic) bond motifs is 1. The zero-order chi connectivity index (χ0) is 25.8. The standard InChI is InChI=1S/C31H27ClN2O3/c1-3-20(2)23-12-16-29-28(17-23)34-31(37-29)24-11-15-26(32)27(18-24)33-30(35)22-9-13-25(14-10-22)36-19-21-7-5-4-6-8-21/h4-18,20H,3,19H2,1-2H3,(H,33,35)/t20-/m0/s1. The van der Waals surface area contributed by atoms with Gasteiger partial charge in [-0.25, -0.2) is 4.98 Å². The Morgan fingerprint density at radius 1 is 1.00 bits per heavy atom. The zero-order valence-electron chi connectivity index (χ0n) is 20.7. The monoisotopic (exact) mass is 510 g/mol. The van der Waals surface area contributed by atoms with Gasteiger partial charge in [-0.3, -0.25) is 4.79 Å². The number of oxazole rings is 1. The van der Waals surface area contributed by atoms with Crippen LogP contribution in [0.5, 0.6) is 5.75 Å². The Kier molecular flexibility index (Phi) is 7.24. The predicted octanol–water partition coefficient (Wildman–Crippen LogP) is 8.49. The summed E-state index contributed by atoms with van der Waals surface area (Å²) in [7, 11) is 0. The molecule has 0 fully saturated rings. The molecule has 4 aromatic carbocycles. The molecule has 5 aromatic rings. The molecule has 0 aliphatic carbocycles. The number of nitrogens with one attached hydrogen (secondary N) is 1. The number of amides is 1. The Bertz CT molecular complexity index is 1530. The average molecular weight is 511 g/mol. The van der Waals surface area contributed by atoms with E-state index in [0.717, 1.165) is 28.6 Å². The largest absolute Gasteiger partial charge is 0.489 e. The Hall–Kier alpha value is -4.09. The van der Waals surface area contributed by atoms with E-state index in [9.17, 15) is 4.79 Å². The molecule has 0 spiro atoms. The highest BCUT2D eigenvalue weighted by Crippen LogP contribution is 2.32. The van der Waals surface area contributed by atoms with Crippen molar-refractivity contribution in [2.45, 2.75) is 32.8 Å².